The van der Waals surface area contributed by atoms with E-state index in [9.17, 15) is 4.79 Å². The molecule has 3 fully saturated rings. The second-order valence-electron chi connectivity index (χ2n) is 11.0. The number of nitrogens with two attached hydrogens (primary N) is 1. The Bertz CT molecular complexity index is 1100. The van der Waals surface area contributed by atoms with Crippen molar-refractivity contribution in [2.24, 2.45) is 5.41 Å². The molecule has 1 amide bonds. The molecule has 2 aromatic rings. The quantitative estimate of drug-likeness (QED) is 0.379. The van der Waals surface area contributed by atoms with E-state index in [4.69, 9.17) is 33.7 Å². The predicted molar refractivity (Wildman–Crippen MR) is 147 cm³/mol. The summed E-state index contributed by atoms with van der Waals surface area (Å²) < 4.78 is 5.08. The maximum absolute atomic E-state index is 13.1. The van der Waals surface area contributed by atoms with Crippen LogP contribution in [0, 0.1) is 12.3 Å². The number of nitrogen functional groups attached to an aromatic ring is 1. The normalized spacial score (nSPS) is 23.7. The van der Waals surface area contributed by atoms with Crippen LogP contribution in [-0.2, 0) is 0 Å². The Morgan fingerprint density at radius 3 is 2.28 bits per heavy atom. The van der Waals surface area contributed by atoms with Crippen molar-refractivity contribution < 1.29 is 9.53 Å². The molecule has 3 aliphatic rings. The lowest BCUT2D eigenvalue weighted by Gasteiger charge is -2.42. The predicted octanol–water partition coefficient (Wildman–Crippen LogP) is 6.02. The fraction of sp³-hybridized carbons (Fsp3) is 0.552. The van der Waals surface area contributed by atoms with Gasteiger partial charge >= 0.3 is 0 Å². The number of hydrogen-bond acceptors (Lipinski definition) is 4. The van der Waals surface area contributed by atoms with Gasteiger partial charge in [0.25, 0.3) is 5.91 Å². The van der Waals surface area contributed by atoms with Crippen molar-refractivity contribution in [1.82, 2.24) is 9.80 Å². The minimum atomic E-state index is -0.719. The summed E-state index contributed by atoms with van der Waals surface area (Å²) in [6, 6.07) is 14.5. The zero-order valence-corrected chi connectivity index (χ0v) is 23.0. The van der Waals surface area contributed by atoms with Crippen LogP contribution in [0.15, 0.2) is 42.5 Å². The molecule has 2 aromatic carbocycles. The molecule has 1 aliphatic carbocycles. The van der Waals surface area contributed by atoms with Crippen LogP contribution in [0.2, 0.25) is 0 Å². The number of benzene rings is 2. The maximum atomic E-state index is 13.1. The Morgan fingerprint density at radius 2 is 1.67 bits per heavy atom. The summed E-state index contributed by atoms with van der Waals surface area (Å²) in [5, 5.41) is 0. The molecule has 2 saturated heterocycles. The molecule has 0 radical (unpaired) electrons. The van der Waals surface area contributed by atoms with Crippen LogP contribution in [0.3, 0.4) is 0 Å². The van der Waals surface area contributed by atoms with Crippen LogP contribution in [0.4, 0.5) is 5.69 Å². The summed E-state index contributed by atoms with van der Waals surface area (Å²) >= 11 is 13.9. The number of piperidine rings is 2. The van der Waals surface area contributed by atoms with E-state index in [2.05, 4.69) is 17.0 Å². The van der Waals surface area contributed by atoms with Gasteiger partial charge in [0, 0.05) is 36.2 Å². The lowest BCUT2D eigenvalue weighted by molar-refractivity contribution is 0.0530. The van der Waals surface area contributed by atoms with Gasteiger partial charge in [0.15, 0.2) is 0 Å². The van der Waals surface area contributed by atoms with E-state index in [0.29, 0.717) is 17.3 Å². The number of carbonyl (C=O) groups is 1. The van der Waals surface area contributed by atoms with Crippen LogP contribution in [-0.4, -0.2) is 58.4 Å². The van der Waals surface area contributed by atoms with Crippen molar-refractivity contribution >= 4 is 34.8 Å². The van der Waals surface area contributed by atoms with Gasteiger partial charge in [-0.1, -0.05) is 24.3 Å². The Labute approximate surface area is 224 Å². The number of likely N-dealkylation sites (tertiary alicyclic amines) is 2. The van der Waals surface area contributed by atoms with Crippen molar-refractivity contribution in [3.63, 3.8) is 0 Å². The highest BCUT2D eigenvalue weighted by Gasteiger charge is 2.75. The van der Waals surface area contributed by atoms with Gasteiger partial charge in [-0.2, -0.15) is 0 Å². The lowest BCUT2D eigenvalue weighted by atomic mass is 9.87. The standard InChI is InChI=1S/C29H37Cl2N3O2/c1-19(2)36-23-9-7-21(8-10-23)26-28(29(26,30)31)13-17-33(18-14-28)22-11-15-34(16-12-22)27(35)24-6-4-5-20(3)25(24)32/h4-10,19,22,26H,11-18,32H2,1-3H3. The molecule has 1 atom stereocenters. The van der Waals surface area contributed by atoms with E-state index in [1.165, 1.54) is 5.56 Å². The maximum Gasteiger partial charge on any atom is 0.255 e. The molecule has 0 aromatic heterocycles. The summed E-state index contributed by atoms with van der Waals surface area (Å²) in [5.41, 5.74) is 9.49. The summed E-state index contributed by atoms with van der Waals surface area (Å²) in [7, 11) is 0. The van der Waals surface area contributed by atoms with Crippen LogP contribution in [0.25, 0.3) is 0 Å². The summed E-state index contributed by atoms with van der Waals surface area (Å²) in [4.78, 5) is 17.6. The number of rotatable bonds is 5. The van der Waals surface area contributed by atoms with Gasteiger partial charge in [-0.25, -0.2) is 0 Å². The molecule has 1 unspecified atom stereocenters. The van der Waals surface area contributed by atoms with E-state index in [0.717, 1.165) is 63.2 Å². The second kappa shape index (κ2) is 9.74. The van der Waals surface area contributed by atoms with E-state index in [1.54, 1.807) is 0 Å². The molecule has 5 nitrogen and oxygen atoms in total. The molecule has 2 heterocycles. The fourth-order valence-electron chi connectivity index (χ4n) is 6.43. The first-order chi connectivity index (χ1) is 17.1. The molecule has 0 bridgehead atoms. The number of hydrogen-bond donors (Lipinski definition) is 1. The Hall–Kier alpha value is -1.95. The van der Waals surface area contributed by atoms with Crippen molar-refractivity contribution in [3.05, 3.63) is 59.2 Å². The van der Waals surface area contributed by atoms with Crippen molar-refractivity contribution in [3.8, 4) is 5.75 Å². The topological polar surface area (TPSA) is 58.8 Å². The first-order valence-corrected chi connectivity index (χ1v) is 13.9. The fourth-order valence-corrected chi connectivity index (χ4v) is 7.59. The number of para-hydroxylation sites is 1. The zero-order chi connectivity index (χ0) is 25.7. The van der Waals surface area contributed by atoms with Gasteiger partial charge in [-0.15, -0.1) is 23.2 Å². The van der Waals surface area contributed by atoms with Crippen LogP contribution < -0.4 is 10.5 Å². The molecule has 5 rings (SSSR count). The highest BCUT2D eigenvalue weighted by molar-refractivity contribution is 6.52. The minimum absolute atomic E-state index is 0.0481. The van der Waals surface area contributed by atoms with Crippen LogP contribution >= 0.6 is 23.2 Å². The van der Waals surface area contributed by atoms with E-state index in [1.807, 2.05) is 56.0 Å². The number of alkyl halides is 2. The number of aryl methyl sites for hydroxylation is 1. The number of anilines is 1. The number of carbonyl (C=O) groups excluding carboxylic acids is 1. The van der Waals surface area contributed by atoms with Gasteiger partial charge in [0.1, 0.15) is 10.1 Å². The third kappa shape index (κ3) is 4.48. The Morgan fingerprint density at radius 1 is 1.03 bits per heavy atom. The SMILES string of the molecule is Cc1cccc(C(=O)N2CCC(N3CCC4(CC3)C(c3ccc(OC(C)C)cc3)C4(Cl)Cl)CC2)c1N. The average molecular weight is 531 g/mol. The van der Waals surface area contributed by atoms with Gasteiger partial charge in [-0.05, 0) is 88.9 Å². The molecule has 2 aliphatic heterocycles. The number of nitrogens with zero attached hydrogens (tertiary/aromatic N) is 2. The highest BCUT2D eigenvalue weighted by Crippen LogP contribution is 2.78. The largest absolute Gasteiger partial charge is 0.491 e. The van der Waals surface area contributed by atoms with Gasteiger partial charge in [0.05, 0.1) is 11.7 Å². The van der Waals surface area contributed by atoms with E-state index >= 15 is 0 Å². The van der Waals surface area contributed by atoms with Crippen LogP contribution in [0.1, 0.15) is 66.9 Å². The minimum Gasteiger partial charge on any atom is -0.491 e. The number of amides is 1. The summed E-state index contributed by atoms with van der Waals surface area (Å²) in [5.74, 6) is 1.08. The first-order valence-electron chi connectivity index (χ1n) is 13.2. The smallest absolute Gasteiger partial charge is 0.255 e. The Balaban J connectivity index is 1.17. The third-order valence-corrected chi connectivity index (χ3v) is 9.78. The molecular formula is C29H37Cl2N3O2. The Kier molecular flexibility index (Phi) is 6.95. The van der Waals surface area contributed by atoms with Gasteiger partial charge in [0.2, 0.25) is 0 Å². The number of ether oxygens (including phenoxy) is 1. The summed E-state index contributed by atoms with van der Waals surface area (Å²) in [6.07, 6.45) is 4.11. The third-order valence-electron chi connectivity index (χ3n) is 8.59. The average Bonchev–Trinajstić information content (AvgIpc) is 3.33. The van der Waals surface area contributed by atoms with Gasteiger partial charge < -0.3 is 20.3 Å². The lowest BCUT2D eigenvalue weighted by Crippen LogP contribution is -2.49. The first kappa shape index (κ1) is 25.7. The van der Waals surface area contributed by atoms with Gasteiger partial charge in [-0.3, -0.25) is 4.79 Å². The van der Waals surface area contributed by atoms with E-state index < -0.39 is 4.33 Å². The number of halogens is 2. The molecule has 7 heteroatoms. The molecule has 194 valence electrons. The van der Waals surface area contributed by atoms with E-state index in [-0.39, 0.29) is 23.3 Å². The van der Waals surface area contributed by atoms with Crippen molar-refractivity contribution in [2.75, 3.05) is 31.9 Å². The zero-order valence-electron chi connectivity index (χ0n) is 21.5. The van der Waals surface area contributed by atoms with Crippen molar-refractivity contribution in [1.29, 1.82) is 0 Å². The molecule has 2 N–H and O–H groups in total. The second-order valence-corrected chi connectivity index (χ2v) is 12.4. The highest BCUT2D eigenvalue weighted by atomic mass is 35.5. The molecule has 1 spiro atoms. The molecular weight excluding hydrogens is 493 g/mol. The monoisotopic (exact) mass is 529 g/mol. The van der Waals surface area contributed by atoms with Crippen LogP contribution in [0.5, 0.6) is 5.75 Å². The molecule has 36 heavy (non-hydrogen) atoms. The van der Waals surface area contributed by atoms with Crippen molar-refractivity contribution in [2.45, 2.75) is 68.9 Å². The summed E-state index contributed by atoms with van der Waals surface area (Å²) in [6.45, 7) is 9.52. The molecule has 1 saturated carbocycles.